The lowest BCUT2D eigenvalue weighted by molar-refractivity contribution is -0.138. The number of benzene rings is 1. The third-order valence-electron chi connectivity index (χ3n) is 4.54. The molecule has 7 heteroatoms. The zero-order valence-electron chi connectivity index (χ0n) is 14.9. The van der Waals surface area contributed by atoms with E-state index in [9.17, 15) is 14.4 Å². The molecule has 0 spiro atoms. The van der Waals surface area contributed by atoms with Crippen molar-refractivity contribution in [2.24, 2.45) is 0 Å². The highest BCUT2D eigenvalue weighted by molar-refractivity contribution is 6.31. The molecule has 6 nitrogen and oxygen atoms in total. The molecule has 0 saturated carbocycles. The molecule has 1 aliphatic rings. The van der Waals surface area contributed by atoms with E-state index in [1.54, 1.807) is 26.8 Å². The van der Waals surface area contributed by atoms with E-state index in [1.807, 2.05) is 13.0 Å². The van der Waals surface area contributed by atoms with Crippen molar-refractivity contribution >= 4 is 35.0 Å². The van der Waals surface area contributed by atoms with Crippen LogP contribution in [0.2, 0.25) is 5.02 Å². The van der Waals surface area contributed by atoms with Crippen molar-refractivity contribution in [2.75, 3.05) is 37.6 Å². The van der Waals surface area contributed by atoms with Crippen LogP contribution in [0.4, 0.5) is 5.69 Å². The Morgan fingerprint density at radius 1 is 1.08 bits per heavy atom. The lowest BCUT2D eigenvalue weighted by Crippen LogP contribution is -2.50. The summed E-state index contributed by atoms with van der Waals surface area (Å²) in [4.78, 5) is 40.9. The largest absolute Gasteiger partial charge is 0.339 e. The summed E-state index contributed by atoms with van der Waals surface area (Å²) in [6, 6.07) is 5.40. The van der Waals surface area contributed by atoms with Gasteiger partial charge in [0.1, 0.15) is 0 Å². The molecule has 0 unspecified atom stereocenters. The summed E-state index contributed by atoms with van der Waals surface area (Å²) in [5, 5.41) is 0.593. The van der Waals surface area contributed by atoms with Crippen molar-refractivity contribution in [3.63, 3.8) is 0 Å². The van der Waals surface area contributed by atoms with Crippen LogP contribution in [-0.2, 0) is 14.4 Å². The smallest absolute Gasteiger partial charge is 0.224 e. The fourth-order valence-corrected chi connectivity index (χ4v) is 3.14. The fraction of sp³-hybridized carbons (Fsp3) is 0.500. The zero-order chi connectivity index (χ0) is 18.6. The summed E-state index contributed by atoms with van der Waals surface area (Å²) in [5.74, 6) is -0.0972. The van der Waals surface area contributed by atoms with Gasteiger partial charge in [-0.2, -0.15) is 0 Å². The number of halogens is 1. The SMILES string of the molecule is CC(=O)N1CCN(C(=O)CCN(C(C)=O)c2cccc(Cl)c2C)CC1. The first kappa shape index (κ1) is 19.2. The van der Waals surface area contributed by atoms with Crippen molar-refractivity contribution in [1.29, 1.82) is 0 Å². The van der Waals surface area contributed by atoms with Crippen LogP contribution in [0.5, 0.6) is 0 Å². The third-order valence-corrected chi connectivity index (χ3v) is 4.95. The molecule has 0 atom stereocenters. The Labute approximate surface area is 153 Å². The van der Waals surface area contributed by atoms with Crippen LogP contribution < -0.4 is 4.90 Å². The molecule has 1 aromatic carbocycles. The molecule has 3 amide bonds. The highest BCUT2D eigenvalue weighted by atomic mass is 35.5. The van der Waals surface area contributed by atoms with E-state index < -0.39 is 0 Å². The molecule has 1 heterocycles. The Kier molecular flexibility index (Phi) is 6.42. The summed E-state index contributed by atoms with van der Waals surface area (Å²) < 4.78 is 0. The lowest BCUT2D eigenvalue weighted by Gasteiger charge is -2.34. The molecule has 25 heavy (non-hydrogen) atoms. The first-order valence-corrected chi connectivity index (χ1v) is 8.75. The molecule has 1 aliphatic heterocycles. The quantitative estimate of drug-likeness (QED) is 0.820. The van der Waals surface area contributed by atoms with E-state index >= 15 is 0 Å². The average Bonchev–Trinajstić information content (AvgIpc) is 2.58. The molecule has 1 aromatic rings. The van der Waals surface area contributed by atoms with E-state index in [2.05, 4.69) is 0 Å². The highest BCUT2D eigenvalue weighted by Crippen LogP contribution is 2.27. The number of piperazine rings is 1. The summed E-state index contributed by atoms with van der Waals surface area (Å²) in [6.45, 7) is 7.38. The minimum Gasteiger partial charge on any atom is -0.339 e. The van der Waals surface area contributed by atoms with Gasteiger partial charge >= 0.3 is 0 Å². The van der Waals surface area contributed by atoms with Gasteiger partial charge in [0.15, 0.2) is 0 Å². The second-order valence-corrected chi connectivity index (χ2v) is 6.60. The number of hydrogen-bond acceptors (Lipinski definition) is 3. The van der Waals surface area contributed by atoms with Crippen LogP contribution in [0.1, 0.15) is 25.8 Å². The number of carbonyl (C=O) groups excluding carboxylic acids is 3. The van der Waals surface area contributed by atoms with Crippen LogP contribution in [0.25, 0.3) is 0 Å². The van der Waals surface area contributed by atoms with Crippen LogP contribution in [0, 0.1) is 6.92 Å². The average molecular weight is 366 g/mol. The lowest BCUT2D eigenvalue weighted by atomic mass is 10.1. The predicted molar refractivity (Wildman–Crippen MR) is 97.7 cm³/mol. The molecule has 0 bridgehead atoms. The predicted octanol–water partition coefficient (Wildman–Crippen LogP) is 2.08. The number of carbonyl (C=O) groups is 3. The van der Waals surface area contributed by atoms with Crippen molar-refractivity contribution < 1.29 is 14.4 Å². The van der Waals surface area contributed by atoms with Crippen LogP contribution in [0.3, 0.4) is 0 Å². The summed E-state index contributed by atoms with van der Waals surface area (Å²) in [5.41, 5.74) is 1.55. The molecular weight excluding hydrogens is 342 g/mol. The van der Waals surface area contributed by atoms with Gasteiger partial charge in [0.2, 0.25) is 17.7 Å². The highest BCUT2D eigenvalue weighted by Gasteiger charge is 2.23. The topological polar surface area (TPSA) is 60.9 Å². The molecule has 0 radical (unpaired) electrons. The molecule has 2 rings (SSSR count). The van der Waals surface area contributed by atoms with E-state index in [0.717, 1.165) is 11.3 Å². The van der Waals surface area contributed by atoms with Crippen molar-refractivity contribution in [3.05, 3.63) is 28.8 Å². The van der Waals surface area contributed by atoms with Gasteiger partial charge in [-0.3, -0.25) is 14.4 Å². The summed E-state index contributed by atoms with van der Waals surface area (Å²) >= 11 is 6.14. The van der Waals surface area contributed by atoms with Crippen LogP contribution >= 0.6 is 11.6 Å². The first-order valence-electron chi connectivity index (χ1n) is 8.37. The van der Waals surface area contributed by atoms with Crippen LogP contribution in [-0.4, -0.2) is 60.2 Å². The number of anilines is 1. The van der Waals surface area contributed by atoms with Gasteiger partial charge in [-0.25, -0.2) is 0 Å². The maximum atomic E-state index is 12.4. The Balaban J connectivity index is 1.98. The Hall–Kier alpha value is -2.08. The number of rotatable bonds is 4. The van der Waals surface area contributed by atoms with Gasteiger partial charge < -0.3 is 14.7 Å². The molecule has 1 fully saturated rings. The van der Waals surface area contributed by atoms with E-state index in [-0.39, 0.29) is 24.1 Å². The van der Waals surface area contributed by atoms with E-state index in [4.69, 9.17) is 11.6 Å². The zero-order valence-corrected chi connectivity index (χ0v) is 15.7. The Morgan fingerprint density at radius 3 is 2.24 bits per heavy atom. The van der Waals surface area contributed by atoms with E-state index in [0.29, 0.717) is 37.7 Å². The standard InChI is InChI=1S/C18H24ClN3O3/c1-13-16(19)5-4-6-17(13)22(15(3)24)8-7-18(25)21-11-9-20(10-12-21)14(2)23/h4-6H,7-12H2,1-3H3. The maximum Gasteiger partial charge on any atom is 0.224 e. The van der Waals surface area contributed by atoms with Crippen molar-refractivity contribution in [1.82, 2.24) is 9.80 Å². The van der Waals surface area contributed by atoms with Crippen molar-refractivity contribution in [3.8, 4) is 0 Å². The number of amides is 3. The minimum absolute atomic E-state index is 0.00543. The van der Waals surface area contributed by atoms with Crippen molar-refractivity contribution in [2.45, 2.75) is 27.2 Å². The number of hydrogen-bond donors (Lipinski definition) is 0. The van der Waals surface area contributed by atoms with Crippen LogP contribution in [0.15, 0.2) is 18.2 Å². The second kappa shape index (κ2) is 8.34. The van der Waals surface area contributed by atoms with Gasteiger partial charge in [-0.1, -0.05) is 17.7 Å². The molecule has 1 saturated heterocycles. The van der Waals surface area contributed by atoms with Gasteiger partial charge in [-0.15, -0.1) is 0 Å². The fourth-order valence-electron chi connectivity index (χ4n) is 2.97. The Morgan fingerprint density at radius 2 is 1.68 bits per heavy atom. The van der Waals surface area contributed by atoms with Gasteiger partial charge in [0.05, 0.1) is 0 Å². The maximum absolute atomic E-state index is 12.4. The van der Waals surface area contributed by atoms with Gasteiger partial charge in [-0.05, 0) is 24.6 Å². The Bertz CT molecular complexity index is 670. The monoisotopic (exact) mass is 365 g/mol. The molecule has 0 aromatic heterocycles. The summed E-state index contributed by atoms with van der Waals surface area (Å²) in [7, 11) is 0. The molecule has 136 valence electrons. The molecule has 0 N–H and O–H groups in total. The first-order chi connectivity index (χ1) is 11.8. The minimum atomic E-state index is -0.125. The summed E-state index contributed by atoms with van der Waals surface area (Å²) in [6.07, 6.45) is 0.242. The normalized spacial score (nSPS) is 14.4. The molecule has 0 aliphatic carbocycles. The molecular formula is C18H24ClN3O3. The van der Waals surface area contributed by atoms with E-state index in [1.165, 1.54) is 13.8 Å². The number of nitrogens with zero attached hydrogens (tertiary/aromatic N) is 3. The second-order valence-electron chi connectivity index (χ2n) is 6.19. The van der Waals surface area contributed by atoms with Gasteiger partial charge in [0, 0.05) is 63.7 Å². The third kappa shape index (κ3) is 4.72. The van der Waals surface area contributed by atoms with Gasteiger partial charge in [0.25, 0.3) is 0 Å².